The summed E-state index contributed by atoms with van der Waals surface area (Å²) in [4.78, 5) is 10.6. The van der Waals surface area contributed by atoms with Gasteiger partial charge in [-0.25, -0.2) is 0 Å². The van der Waals surface area contributed by atoms with E-state index >= 15 is 0 Å². The van der Waals surface area contributed by atoms with Crippen molar-refractivity contribution < 1.29 is 4.79 Å². The largest absolute Gasteiger partial charge is 0.298 e. The molecule has 1 nitrogen and oxygen atoms in total. The average Bonchev–Trinajstić information content (AvgIpc) is 2.81. The van der Waals surface area contributed by atoms with Crippen LogP contribution < -0.4 is 0 Å². The molecular formula is C35H46O. The van der Waals surface area contributed by atoms with Gasteiger partial charge in [0.05, 0.1) is 0 Å². The fourth-order valence-corrected chi connectivity index (χ4v) is 2.77. The van der Waals surface area contributed by atoms with Crippen molar-refractivity contribution in [1.82, 2.24) is 0 Å². The normalized spacial score (nSPS) is 15.4. The Morgan fingerprint density at radius 3 is 1.22 bits per heavy atom. The Balaban J connectivity index is 4.71. The number of hydrogen-bond donors (Lipinski definition) is 0. The molecule has 0 fully saturated rings. The van der Waals surface area contributed by atoms with Crippen molar-refractivity contribution in [2.24, 2.45) is 0 Å². The van der Waals surface area contributed by atoms with Crippen LogP contribution >= 0.6 is 0 Å². The van der Waals surface area contributed by atoms with Crippen molar-refractivity contribution in [2.75, 3.05) is 0 Å². The van der Waals surface area contributed by atoms with Crippen LogP contribution in [0.5, 0.6) is 0 Å². The molecule has 0 aromatic heterocycles. The highest BCUT2D eigenvalue weighted by Gasteiger charge is 1.87. The van der Waals surface area contributed by atoms with Gasteiger partial charge in [-0.05, 0) is 73.8 Å². The Labute approximate surface area is 221 Å². The Morgan fingerprint density at radius 2 is 0.833 bits per heavy atom. The molecule has 0 radical (unpaired) electrons. The molecule has 0 aliphatic carbocycles. The van der Waals surface area contributed by atoms with Crippen molar-refractivity contribution in [3.05, 3.63) is 142 Å². The van der Waals surface area contributed by atoms with E-state index in [-0.39, 0.29) is 0 Å². The molecule has 0 N–H and O–H groups in total. The van der Waals surface area contributed by atoms with E-state index < -0.39 is 0 Å². The third-order valence-electron chi connectivity index (χ3n) is 5.00. The molecular weight excluding hydrogens is 436 g/mol. The van der Waals surface area contributed by atoms with E-state index in [0.29, 0.717) is 5.57 Å². The van der Waals surface area contributed by atoms with Crippen LogP contribution in [0.15, 0.2) is 142 Å². The highest BCUT2D eigenvalue weighted by atomic mass is 16.1. The molecule has 0 spiro atoms. The minimum absolute atomic E-state index is 0.712. The minimum atomic E-state index is 0.712. The lowest BCUT2D eigenvalue weighted by atomic mass is 10.1. The van der Waals surface area contributed by atoms with Crippen LogP contribution in [0.4, 0.5) is 0 Å². The molecule has 36 heavy (non-hydrogen) atoms. The maximum Gasteiger partial charge on any atom is 0.145 e. The Morgan fingerprint density at radius 1 is 0.472 bits per heavy atom. The number of allylic oxidation sites excluding steroid dienone is 24. The fraction of sp³-hybridized carbons (Fsp3) is 0.286. The summed E-state index contributed by atoms with van der Waals surface area (Å²) in [5.41, 5.74) is 8.20. The summed E-state index contributed by atoms with van der Waals surface area (Å²) in [6.07, 6.45) is 38.3. The first-order chi connectivity index (χ1) is 17.1. The van der Waals surface area contributed by atoms with Gasteiger partial charge in [0.25, 0.3) is 0 Å². The smallest absolute Gasteiger partial charge is 0.145 e. The van der Waals surface area contributed by atoms with E-state index in [9.17, 15) is 4.79 Å². The van der Waals surface area contributed by atoms with Crippen molar-refractivity contribution in [1.29, 1.82) is 0 Å². The topological polar surface area (TPSA) is 17.1 Å². The highest BCUT2D eigenvalue weighted by Crippen LogP contribution is 2.08. The van der Waals surface area contributed by atoms with Crippen LogP contribution in [0.1, 0.15) is 68.2 Å². The lowest BCUT2D eigenvalue weighted by molar-refractivity contribution is -0.104. The van der Waals surface area contributed by atoms with Crippen LogP contribution in [0.3, 0.4) is 0 Å². The molecule has 0 aliphatic rings. The average molecular weight is 483 g/mol. The SMILES string of the molecule is CC(C)=CCCC(C)=CC=CC(C)=CC=CC(C)=CC=CC=C(C)C=CC=C(C)C=CC=C(C)C=O. The second kappa shape index (κ2) is 20.9. The number of aldehydes is 1. The van der Waals surface area contributed by atoms with Gasteiger partial charge in [-0.1, -0.05) is 137 Å². The van der Waals surface area contributed by atoms with Gasteiger partial charge in [-0.15, -0.1) is 0 Å². The van der Waals surface area contributed by atoms with Gasteiger partial charge in [0.15, 0.2) is 0 Å². The Bertz CT molecular complexity index is 1040. The standard InChI is InChI=1S/C35H46O/c1-29(2)16-11-19-32(5)22-14-25-33(6)23-12-20-30(3)17-9-10-18-31(4)21-13-24-34(7)26-15-27-35(8)28-36/h9-10,12-18,20-28H,11,19H2,1-8H3. The molecule has 0 aliphatic heterocycles. The summed E-state index contributed by atoms with van der Waals surface area (Å²) in [5.74, 6) is 0. The molecule has 0 amide bonds. The predicted molar refractivity (Wildman–Crippen MR) is 163 cm³/mol. The quantitative estimate of drug-likeness (QED) is 0.104. The number of carbonyl (C=O) groups excluding carboxylic acids is 1. The van der Waals surface area contributed by atoms with Crippen molar-refractivity contribution in [2.45, 2.75) is 68.2 Å². The predicted octanol–water partition coefficient (Wildman–Crippen LogP) is 10.4. The first-order valence-electron chi connectivity index (χ1n) is 12.6. The highest BCUT2D eigenvalue weighted by molar-refractivity contribution is 5.72. The van der Waals surface area contributed by atoms with Gasteiger partial charge >= 0.3 is 0 Å². The van der Waals surface area contributed by atoms with Crippen LogP contribution in [0.2, 0.25) is 0 Å². The number of hydrogen-bond acceptors (Lipinski definition) is 1. The summed E-state index contributed by atoms with van der Waals surface area (Å²) >= 11 is 0. The Hall–Kier alpha value is -3.45. The summed E-state index contributed by atoms with van der Waals surface area (Å²) in [6.45, 7) is 16.6. The molecule has 0 rings (SSSR count). The minimum Gasteiger partial charge on any atom is -0.298 e. The van der Waals surface area contributed by atoms with Crippen LogP contribution in [0, 0.1) is 0 Å². The molecule has 0 saturated carbocycles. The zero-order valence-corrected chi connectivity index (χ0v) is 23.7. The summed E-state index contributed by atoms with van der Waals surface area (Å²) in [7, 11) is 0. The van der Waals surface area contributed by atoms with Gasteiger partial charge in [0.2, 0.25) is 0 Å². The second-order valence-corrected chi connectivity index (χ2v) is 9.33. The molecule has 0 saturated heterocycles. The van der Waals surface area contributed by atoms with E-state index in [1.165, 1.54) is 27.9 Å². The van der Waals surface area contributed by atoms with Crippen molar-refractivity contribution in [3.63, 3.8) is 0 Å². The Kier molecular flexibility index (Phi) is 18.9. The fourth-order valence-electron chi connectivity index (χ4n) is 2.77. The number of carbonyl (C=O) groups is 1. The van der Waals surface area contributed by atoms with E-state index in [2.05, 4.69) is 114 Å². The van der Waals surface area contributed by atoms with Crippen LogP contribution in [-0.4, -0.2) is 6.29 Å². The summed E-state index contributed by atoms with van der Waals surface area (Å²) < 4.78 is 0. The monoisotopic (exact) mass is 482 g/mol. The first kappa shape index (κ1) is 32.6. The summed E-state index contributed by atoms with van der Waals surface area (Å²) in [5, 5.41) is 0. The van der Waals surface area contributed by atoms with Crippen molar-refractivity contribution in [3.8, 4) is 0 Å². The van der Waals surface area contributed by atoms with E-state index in [4.69, 9.17) is 0 Å². The van der Waals surface area contributed by atoms with Gasteiger partial charge in [0, 0.05) is 0 Å². The number of rotatable bonds is 14. The zero-order chi connectivity index (χ0) is 27.2. The van der Waals surface area contributed by atoms with Gasteiger partial charge in [0.1, 0.15) is 6.29 Å². The second-order valence-electron chi connectivity index (χ2n) is 9.33. The molecule has 0 aromatic carbocycles. The van der Waals surface area contributed by atoms with Gasteiger partial charge in [-0.3, -0.25) is 4.79 Å². The van der Waals surface area contributed by atoms with E-state index in [1.54, 1.807) is 13.0 Å². The van der Waals surface area contributed by atoms with E-state index in [0.717, 1.165) is 24.7 Å². The molecule has 0 atom stereocenters. The van der Waals surface area contributed by atoms with Gasteiger partial charge < -0.3 is 0 Å². The van der Waals surface area contributed by atoms with Gasteiger partial charge in [-0.2, -0.15) is 0 Å². The molecule has 0 aromatic rings. The summed E-state index contributed by atoms with van der Waals surface area (Å²) in [6, 6.07) is 0. The zero-order valence-electron chi connectivity index (χ0n) is 23.7. The van der Waals surface area contributed by atoms with Crippen LogP contribution in [-0.2, 0) is 4.79 Å². The molecule has 192 valence electrons. The lowest BCUT2D eigenvalue weighted by Gasteiger charge is -1.96. The molecule has 0 heterocycles. The van der Waals surface area contributed by atoms with E-state index in [1.807, 2.05) is 31.2 Å². The maximum atomic E-state index is 10.6. The third-order valence-corrected chi connectivity index (χ3v) is 5.00. The van der Waals surface area contributed by atoms with Crippen LogP contribution in [0.25, 0.3) is 0 Å². The molecule has 0 bridgehead atoms. The lowest BCUT2D eigenvalue weighted by Crippen LogP contribution is -1.76. The maximum absolute atomic E-state index is 10.6. The molecule has 0 unspecified atom stereocenters. The first-order valence-corrected chi connectivity index (χ1v) is 12.6. The third kappa shape index (κ3) is 21.1. The molecule has 1 heteroatoms. The van der Waals surface area contributed by atoms with Crippen molar-refractivity contribution >= 4 is 6.29 Å².